The quantitative estimate of drug-likeness (QED) is 0.348. The molecule has 8 heteroatoms. The Bertz CT molecular complexity index is 1600. The number of para-hydroxylation sites is 1. The highest BCUT2D eigenvalue weighted by molar-refractivity contribution is 7.18. The van der Waals surface area contributed by atoms with Crippen molar-refractivity contribution in [3.8, 4) is 0 Å². The van der Waals surface area contributed by atoms with Gasteiger partial charge >= 0.3 is 0 Å². The second kappa shape index (κ2) is 9.02. The summed E-state index contributed by atoms with van der Waals surface area (Å²) in [6.07, 6.45) is 6.76. The maximum atomic E-state index is 14.0. The number of aromatic nitrogens is 3. The molecule has 2 aromatic carbocycles. The van der Waals surface area contributed by atoms with Crippen LogP contribution in [0.1, 0.15) is 28.0 Å². The number of halogens is 2. The lowest BCUT2D eigenvalue weighted by Gasteiger charge is -2.23. The molecule has 178 valence electrons. The van der Waals surface area contributed by atoms with Crippen molar-refractivity contribution >= 4 is 32.5 Å². The normalized spacial score (nSPS) is 15.7. The first-order chi connectivity index (χ1) is 17.1. The van der Waals surface area contributed by atoms with Gasteiger partial charge < -0.3 is 10.3 Å². The van der Waals surface area contributed by atoms with Crippen LogP contribution in [0.4, 0.5) is 8.78 Å². The first kappa shape index (κ1) is 22.1. The topological polar surface area (TPSA) is 62.7 Å². The number of hydrogen-bond acceptors (Lipinski definition) is 4. The van der Waals surface area contributed by atoms with Gasteiger partial charge in [0, 0.05) is 46.7 Å². The summed E-state index contributed by atoms with van der Waals surface area (Å²) in [5, 5.41) is 5.28. The van der Waals surface area contributed by atoms with Gasteiger partial charge in [0.1, 0.15) is 4.83 Å². The molecule has 0 fully saturated rings. The van der Waals surface area contributed by atoms with Crippen molar-refractivity contribution in [2.24, 2.45) is 0 Å². The predicted molar refractivity (Wildman–Crippen MR) is 135 cm³/mol. The number of aromatic amines is 1. The van der Waals surface area contributed by atoms with E-state index in [4.69, 9.17) is 0 Å². The Morgan fingerprint density at radius 2 is 2.03 bits per heavy atom. The zero-order valence-corrected chi connectivity index (χ0v) is 19.8. The summed E-state index contributed by atoms with van der Waals surface area (Å²) in [7, 11) is 0. The van der Waals surface area contributed by atoms with E-state index in [9.17, 15) is 13.6 Å². The number of hydrogen-bond donors (Lipinski definition) is 2. The van der Waals surface area contributed by atoms with Gasteiger partial charge in [-0.1, -0.05) is 30.3 Å². The van der Waals surface area contributed by atoms with E-state index in [0.717, 1.165) is 57.9 Å². The van der Waals surface area contributed by atoms with Gasteiger partial charge in [0.15, 0.2) is 11.6 Å². The Hall–Kier alpha value is -3.36. The number of aryl methyl sites for hydroxylation is 3. The van der Waals surface area contributed by atoms with E-state index >= 15 is 0 Å². The lowest BCUT2D eigenvalue weighted by Crippen LogP contribution is -2.34. The summed E-state index contributed by atoms with van der Waals surface area (Å²) in [4.78, 5) is 23.2. The van der Waals surface area contributed by atoms with Crippen molar-refractivity contribution in [3.63, 3.8) is 0 Å². The molecule has 0 saturated heterocycles. The maximum Gasteiger partial charge on any atom is 0.262 e. The first-order valence-corrected chi connectivity index (χ1v) is 12.6. The molecule has 0 amide bonds. The number of thiophene rings is 1. The molecule has 0 saturated carbocycles. The Morgan fingerprint density at radius 1 is 1.14 bits per heavy atom. The van der Waals surface area contributed by atoms with Crippen molar-refractivity contribution in [2.75, 3.05) is 0 Å². The van der Waals surface area contributed by atoms with Crippen LogP contribution in [-0.4, -0.2) is 20.6 Å². The summed E-state index contributed by atoms with van der Waals surface area (Å²) < 4.78 is 29.2. The summed E-state index contributed by atoms with van der Waals surface area (Å²) >= 11 is 1.57. The van der Waals surface area contributed by atoms with Gasteiger partial charge in [-0.3, -0.25) is 9.36 Å². The molecule has 5 aromatic rings. The minimum Gasteiger partial charge on any atom is -0.361 e. The highest BCUT2D eigenvalue weighted by Crippen LogP contribution is 2.34. The van der Waals surface area contributed by atoms with Crippen LogP contribution in [0.25, 0.3) is 21.1 Å². The van der Waals surface area contributed by atoms with Crippen molar-refractivity contribution in [1.29, 1.82) is 0 Å². The zero-order valence-electron chi connectivity index (χ0n) is 19.0. The van der Waals surface area contributed by atoms with Crippen LogP contribution in [0.3, 0.4) is 0 Å². The number of nitrogens with one attached hydrogen (secondary N) is 2. The molecule has 2 N–H and O–H groups in total. The van der Waals surface area contributed by atoms with Gasteiger partial charge in [-0.05, 0) is 48.9 Å². The van der Waals surface area contributed by atoms with Crippen molar-refractivity contribution in [2.45, 2.75) is 44.8 Å². The molecule has 3 heterocycles. The van der Waals surface area contributed by atoms with Gasteiger partial charge in [0.05, 0.1) is 11.7 Å². The minimum atomic E-state index is -0.827. The summed E-state index contributed by atoms with van der Waals surface area (Å²) in [6, 6.07) is 12.6. The van der Waals surface area contributed by atoms with E-state index < -0.39 is 11.6 Å². The van der Waals surface area contributed by atoms with Gasteiger partial charge in [-0.2, -0.15) is 0 Å². The molecule has 35 heavy (non-hydrogen) atoms. The number of nitrogens with zero attached hydrogens (tertiary/aromatic N) is 2. The number of rotatable bonds is 6. The third kappa shape index (κ3) is 4.06. The Labute approximate surface area is 204 Å². The van der Waals surface area contributed by atoms with Crippen LogP contribution in [0.15, 0.2) is 59.8 Å². The third-order valence-corrected chi connectivity index (χ3v) is 8.11. The third-order valence-electron chi connectivity index (χ3n) is 6.95. The standard InChI is InChI=1S/C27H24F2N4OS/c28-21-6-3-4-17(25(21)29)14-30-18-8-9-20-23(12-18)35-26-24(20)27(34)33(15-32-26)11-10-16-13-31-22-7-2-1-5-19(16)22/h1-7,13,15,18,30-31H,8-12,14H2. The molecule has 5 nitrogen and oxygen atoms in total. The summed E-state index contributed by atoms with van der Waals surface area (Å²) in [5.41, 5.74) is 3.72. The molecule has 0 radical (unpaired) electrons. The van der Waals surface area contributed by atoms with Crippen LogP contribution in [-0.2, 0) is 32.4 Å². The molecule has 1 unspecified atom stereocenters. The lowest BCUT2D eigenvalue weighted by molar-refractivity contribution is 0.445. The fourth-order valence-corrected chi connectivity index (χ4v) is 6.31. The predicted octanol–water partition coefficient (Wildman–Crippen LogP) is 5.11. The Balaban J connectivity index is 1.20. The van der Waals surface area contributed by atoms with Crippen molar-refractivity contribution in [1.82, 2.24) is 19.9 Å². The molecular formula is C27H24F2N4OS. The second-order valence-electron chi connectivity index (χ2n) is 9.07. The SMILES string of the molecule is O=c1c2c3c(sc2ncn1CCc1c[nH]c2ccccc12)CC(NCc1cccc(F)c1F)CC3. The largest absolute Gasteiger partial charge is 0.361 e. The number of fused-ring (bicyclic) bond motifs is 4. The highest BCUT2D eigenvalue weighted by atomic mass is 32.1. The van der Waals surface area contributed by atoms with E-state index in [1.807, 2.05) is 24.4 Å². The van der Waals surface area contributed by atoms with Gasteiger partial charge in [0.25, 0.3) is 5.56 Å². The minimum absolute atomic E-state index is 0.0144. The molecule has 0 spiro atoms. The van der Waals surface area contributed by atoms with Gasteiger partial charge in [-0.25, -0.2) is 13.8 Å². The Kier molecular flexibility index (Phi) is 5.70. The van der Waals surface area contributed by atoms with Crippen LogP contribution in [0.2, 0.25) is 0 Å². The van der Waals surface area contributed by atoms with E-state index in [2.05, 4.69) is 21.4 Å². The average Bonchev–Trinajstić information content (AvgIpc) is 3.46. The van der Waals surface area contributed by atoms with Gasteiger partial charge in [0.2, 0.25) is 0 Å². The van der Waals surface area contributed by atoms with Crippen LogP contribution >= 0.6 is 11.3 Å². The Morgan fingerprint density at radius 3 is 2.94 bits per heavy atom. The maximum absolute atomic E-state index is 14.0. The number of H-pyrrole nitrogens is 1. The fourth-order valence-electron chi connectivity index (χ4n) is 5.05. The molecule has 1 atom stereocenters. The smallest absolute Gasteiger partial charge is 0.262 e. The fraction of sp³-hybridized carbons (Fsp3) is 0.259. The average molecular weight is 491 g/mol. The van der Waals surface area contributed by atoms with E-state index in [0.29, 0.717) is 12.1 Å². The highest BCUT2D eigenvalue weighted by Gasteiger charge is 2.25. The van der Waals surface area contributed by atoms with Gasteiger partial charge in [-0.15, -0.1) is 11.3 Å². The molecule has 6 rings (SSSR count). The zero-order chi connectivity index (χ0) is 23.9. The molecule has 3 aromatic heterocycles. The molecule has 1 aliphatic rings. The number of benzene rings is 2. The van der Waals surface area contributed by atoms with E-state index in [-0.39, 0.29) is 18.1 Å². The molecule has 1 aliphatic carbocycles. The molecule has 0 aliphatic heterocycles. The molecular weight excluding hydrogens is 466 g/mol. The van der Waals surface area contributed by atoms with Crippen molar-refractivity contribution in [3.05, 3.63) is 98.5 Å². The summed E-state index contributed by atoms with van der Waals surface area (Å²) in [6.45, 7) is 0.838. The van der Waals surface area contributed by atoms with Crippen molar-refractivity contribution < 1.29 is 8.78 Å². The monoisotopic (exact) mass is 490 g/mol. The lowest BCUT2D eigenvalue weighted by atomic mass is 9.93. The summed E-state index contributed by atoms with van der Waals surface area (Å²) in [5.74, 6) is -1.62. The van der Waals surface area contributed by atoms with Crippen LogP contribution in [0.5, 0.6) is 0 Å². The van der Waals surface area contributed by atoms with E-state index in [1.165, 1.54) is 17.0 Å². The van der Waals surface area contributed by atoms with Crippen LogP contribution in [0, 0.1) is 11.6 Å². The first-order valence-electron chi connectivity index (χ1n) is 11.8. The molecule has 0 bridgehead atoms. The second-order valence-corrected chi connectivity index (χ2v) is 10.2. The van der Waals surface area contributed by atoms with E-state index in [1.54, 1.807) is 28.3 Å². The van der Waals surface area contributed by atoms with Crippen LogP contribution < -0.4 is 10.9 Å².